The van der Waals surface area contributed by atoms with Crippen molar-refractivity contribution in [3.63, 3.8) is 0 Å². The van der Waals surface area contributed by atoms with E-state index in [4.69, 9.17) is 16.6 Å². The number of aromatic nitrogens is 2. The van der Waals surface area contributed by atoms with Gasteiger partial charge in [0.2, 0.25) is 0 Å². The van der Waals surface area contributed by atoms with Crippen LogP contribution >= 0.6 is 27.5 Å². The number of nitrogens with one attached hydrogen (secondary N) is 1. The van der Waals surface area contributed by atoms with E-state index in [2.05, 4.69) is 50.0 Å². The molecule has 3 N–H and O–H groups in total. The van der Waals surface area contributed by atoms with Crippen molar-refractivity contribution >= 4 is 33.2 Å². The molecule has 0 radical (unpaired) electrons. The van der Waals surface area contributed by atoms with Crippen LogP contribution in [0.25, 0.3) is 16.9 Å². The fourth-order valence-corrected chi connectivity index (χ4v) is 3.83. The fraction of sp³-hybridized carbons (Fsp3) is 0.278. The molecule has 24 heavy (non-hydrogen) atoms. The van der Waals surface area contributed by atoms with Gasteiger partial charge in [0.05, 0.1) is 5.69 Å². The lowest BCUT2D eigenvalue weighted by atomic mass is 10.1. The van der Waals surface area contributed by atoms with Gasteiger partial charge < -0.3 is 10.2 Å². The van der Waals surface area contributed by atoms with Crippen molar-refractivity contribution < 1.29 is 10.2 Å². The number of nitrogens with two attached hydrogens (primary N) is 1. The molecular formula is C18H20BrClN4+2. The van der Waals surface area contributed by atoms with Gasteiger partial charge in [-0.1, -0.05) is 23.7 Å². The van der Waals surface area contributed by atoms with Gasteiger partial charge in [-0.05, 0) is 40.2 Å². The van der Waals surface area contributed by atoms with Gasteiger partial charge in [-0.15, -0.1) is 0 Å². The minimum Gasteiger partial charge on any atom is -0.337 e. The molecule has 3 aromatic rings. The zero-order chi connectivity index (χ0) is 16.5. The normalized spacial score (nSPS) is 15.9. The van der Waals surface area contributed by atoms with Gasteiger partial charge in [-0.3, -0.25) is 4.40 Å². The van der Waals surface area contributed by atoms with Crippen LogP contribution < -0.4 is 10.2 Å². The topological polar surface area (TPSA) is 38.4 Å². The molecule has 4 nitrogen and oxygen atoms in total. The second-order valence-electron chi connectivity index (χ2n) is 6.28. The van der Waals surface area contributed by atoms with E-state index in [9.17, 15) is 0 Å². The number of rotatable bonds is 3. The Kier molecular flexibility index (Phi) is 4.59. The lowest BCUT2D eigenvalue weighted by Crippen LogP contribution is -3.19. The first-order valence-corrected chi connectivity index (χ1v) is 9.45. The molecule has 0 amide bonds. The number of benzene rings is 1. The van der Waals surface area contributed by atoms with Gasteiger partial charge in [0.15, 0.2) is 0 Å². The lowest BCUT2D eigenvalue weighted by Gasteiger charge is -2.22. The molecule has 4 rings (SSSR count). The van der Waals surface area contributed by atoms with E-state index >= 15 is 0 Å². The van der Waals surface area contributed by atoms with Crippen molar-refractivity contribution in [2.75, 3.05) is 26.2 Å². The van der Waals surface area contributed by atoms with Crippen LogP contribution in [0.1, 0.15) is 5.69 Å². The van der Waals surface area contributed by atoms with Crippen LogP contribution in [0.3, 0.4) is 0 Å². The summed E-state index contributed by atoms with van der Waals surface area (Å²) in [4.78, 5) is 6.52. The second kappa shape index (κ2) is 6.84. The summed E-state index contributed by atoms with van der Waals surface area (Å²) in [5.74, 6) is 0. The standard InChI is InChI=1S/C18H18BrClN4/c19-14-3-6-17-22-18(13-1-4-15(20)5-2-13)16(24(17)11-14)12-23-9-7-21-8-10-23/h1-6,11,21H,7-10,12H2/p+2. The molecule has 124 valence electrons. The Labute approximate surface area is 154 Å². The molecule has 0 spiro atoms. The highest BCUT2D eigenvalue weighted by Crippen LogP contribution is 2.26. The van der Waals surface area contributed by atoms with E-state index in [0.29, 0.717) is 0 Å². The number of quaternary nitrogens is 2. The first kappa shape index (κ1) is 16.1. The number of piperazine rings is 1. The predicted octanol–water partition coefficient (Wildman–Crippen LogP) is 1.38. The molecule has 0 aliphatic carbocycles. The summed E-state index contributed by atoms with van der Waals surface area (Å²) in [6.45, 7) is 5.78. The average molecular weight is 408 g/mol. The maximum atomic E-state index is 6.05. The van der Waals surface area contributed by atoms with Crippen LogP contribution in [0.15, 0.2) is 47.1 Å². The lowest BCUT2D eigenvalue weighted by molar-refractivity contribution is -0.958. The minimum atomic E-state index is 0.754. The van der Waals surface area contributed by atoms with E-state index in [0.717, 1.165) is 32.9 Å². The zero-order valence-corrected chi connectivity index (χ0v) is 15.6. The van der Waals surface area contributed by atoms with Crippen molar-refractivity contribution in [1.29, 1.82) is 0 Å². The van der Waals surface area contributed by atoms with Crippen molar-refractivity contribution in [3.8, 4) is 11.3 Å². The summed E-state index contributed by atoms with van der Waals surface area (Å²) in [6, 6.07) is 12.1. The van der Waals surface area contributed by atoms with Crippen LogP contribution in [0.2, 0.25) is 5.02 Å². The van der Waals surface area contributed by atoms with Gasteiger partial charge in [-0.2, -0.15) is 0 Å². The van der Waals surface area contributed by atoms with E-state index in [1.54, 1.807) is 4.90 Å². The van der Waals surface area contributed by atoms with Gasteiger partial charge >= 0.3 is 0 Å². The second-order valence-corrected chi connectivity index (χ2v) is 7.63. The molecule has 1 aliphatic heterocycles. The molecule has 3 heterocycles. The third kappa shape index (κ3) is 3.22. The van der Waals surface area contributed by atoms with Gasteiger partial charge in [0, 0.05) is 21.3 Å². The third-order valence-corrected chi connectivity index (χ3v) is 5.34. The quantitative estimate of drug-likeness (QED) is 0.676. The molecule has 1 aromatic carbocycles. The molecule has 0 bridgehead atoms. The Morgan fingerprint density at radius 2 is 1.88 bits per heavy atom. The summed E-state index contributed by atoms with van der Waals surface area (Å²) in [5.41, 5.74) is 4.44. The molecule has 0 saturated carbocycles. The van der Waals surface area contributed by atoms with Gasteiger partial charge in [0.1, 0.15) is 44.1 Å². The van der Waals surface area contributed by atoms with Crippen molar-refractivity contribution in [3.05, 3.63) is 57.8 Å². The maximum Gasteiger partial charge on any atom is 0.137 e. The smallest absolute Gasteiger partial charge is 0.137 e. The number of halogens is 2. The van der Waals surface area contributed by atoms with Crippen LogP contribution in [-0.2, 0) is 6.54 Å². The molecule has 1 saturated heterocycles. The summed E-state index contributed by atoms with van der Waals surface area (Å²) in [7, 11) is 0. The number of hydrogen-bond donors (Lipinski definition) is 2. The van der Waals surface area contributed by atoms with E-state index in [1.165, 1.54) is 31.9 Å². The Bertz CT molecular complexity index is 853. The van der Waals surface area contributed by atoms with Gasteiger partial charge in [0.25, 0.3) is 0 Å². The van der Waals surface area contributed by atoms with Crippen molar-refractivity contribution in [2.45, 2.75) is 6.54 Å². The number of fused-ring (bicyclic) bond motifs is 1. The largest absolute Gasteiger partial charge is 0.337 e. The maximum absolute atomic E-state index is 6.05. The number of pyridine rings is 1. The number of hydrogen-bond acceptors (Lipinski definition) is 1. The third-order valence-electron chi connectivity index (χ3n) is 4.62. The highest BCUT2D eigenvalue weighted by Gasteiger charge is 2.22. The molecular weight excluding hydrogens is 388 g/mol. The van der Waals surface area contributed by atoms with Crippen molar-refractivity contribution in [1.82, 2.24) is 9.38 Å². The molecule has 1 fully saturated rings. The fourth-order valence-electron chi connectivity index (χ4n) is 3.37. The Balaban J connectivity index is 1.81. The Morgan fingerprint density at radius 3 is 2.62 bits per heavy atom. The van der Waals surface area contributed by atoms with Crippen LogP contribution in [0, 0.1) is 0 Å². The number of imidazole rings is 1. The zero-order valence-electron chi connectivity index (χ0n) is 13.3. The Morgan fingerprint density at radius 1 is 1.12 bits per heavy atom. The summed E-state index contributed by atoms with van der Waals surface area (Å²) in [6.07, 6.45) is 2.12. The van der Waals surface area contributed by atoms with E-state index < -0.39 is 0 Å². The average Bonchev–Trinajstić information content (AvgIpc) is 2.94. The summed E-state index contributed by atoms with van der Waals surface area (Å²) in [5, 5.41) is 3.15. The highest BCUT2D eigenvalue weighted by molar-refractivity contribution is 9.10. The molecule has 0 unspecified atom stereocenters. The van der Waals surface area contributed by atoms with E-state index in [-0.39, 0.29) is 0 Å². The van der Waals surface area contributed by atoms with Crippen LogP contribution in [0.5, 0.6) is 0 Å². The highest BCUT2D eigenvalue weighted by atomic mass is 79.9. The van der Waals surface area contributed by atoms with Crippen LogP contribution in [0.4, 0.5) is 0 Å². The minimum absolute atomic E-state index is 0.754. The molecule has 2 aromatic heterocycles. The monoisotopic (exact) mass is 406 g/mol. The summed E-state index contributed by atoms with van der Waals surface area (Å²) >= 11 is 9.64. The SMILES string of the molecule is Clc1ccc(-c2nc3ccc(Br)cn3c2C[NH+]2CC[NH2+]CC2)cc1. The van der Waals surface area contributed by atoms with Crippen LogP contribution in [-0.4, -0.2) is 35.6 Å². The number of nitrogens with zero attached hydrogens (tertiary/aromatic N) is 2. The molecule has 0 atom stereocenters. The molecule has 6 heteroatoms. The summed E-state index contributed by atoms with van der Waals surface area (Å²) < 4.78 is 3.29. The first-order valence-electron chi connectivity index (χ1n) is 8.28. The predicted molar refractivity (Wildman–Crippen MR) is 99.4 cm³/mol. The first-order chi connectivity index (χ1) is 11.7. The van der Waals surface area contributed by atoms with E-state index in [1.807, 2.05) is 18.2 Å². The molecule has 1 aliphatic rings. The van der Waals surface area contributed by atoms with Gasteiger partial charge in [-0.25, -0.2) is 4.98 Å². The Hall–Kier alpha value is -1.40. The van der Waals surface area contributed by atoms with Crippen molar-refractivity contribution in [2.24, 2.45) is 0 Å².